The summed E-state index contributed by atoms with van der Waals surface area (Å²) >= 11 is 2.18. The molecular formula is C14H12FIN2O2. The van der Waals surface area contributed by atoms with Crippen LogP contribution < -0.4 is 11.1 Å². The molecule has 20 heavy (non-hydrogen) atoms. The molecule has 0 saturated heterocycles. The van der Waals surface area contributed by atoms with Crippen molar-refractivity contribution in [3.05, 3.63) is 51.3 Å². The van der Waals surface area contributed by atoms with Crippen molar-refractivity contribution in [2.45, 2.75) is 0 Å². The van der Waals surface area contributed by atoms with E-state index >= 15 is 0 Å². The number of carbonyl (C=O) groups excluding carboxylic acids is 1. The second-order valence-electron chi connectivity index (χ2n) is 4.04. The minimum atomic E-state index is -0.604. The van der Waals surface area contributed by atoms with E-state index in [1.807, 2.05) is 24.3 Å². The van der Waals surface area contributed by atoms with Gasteiger partial charge in [-0.3, -0.25) is 0 Å². The summed E-state index contributed by atoms with van der Waals surface area (Å²) in [4.78, 5) is 11.5. The van der Waals surface area contributed by atoms with Crippen LogP contribution in [-0.2, 0) is 4.74 Å². The van der Waals surface area contributed by atoms with Gasteiger partial charge < -0.3 is 15.8 Å². The van der Waals surface area contributed by atoms with Crippen molar-refractivity contribution >= 4 is 45.6 Å². The summed E-state index contributed by atoms with van der Waals surface area (Å²) in [5.74, 6) is -1.14. The molecule has 0 aliphatic carbocycles. The zero-order chi connectivity index (χ0) is 14.7. The maximum atomic E-state index is 13.9. The number of esters is 1. The fourth-order valence-electron chi connectivity index (χ4n) is 1.66. The number of nitrogens with two attached hydrogens (primary N) is 1. The first kappa shape index (κ1) is 14.6. The lowest BCUT2D eigenvalue weighted by molar-refractivity contribution is 0.0602. The summed E-state index contributed by atoms with van der Waals surface area (Å²) in [6.07, 6.45) is 0. The molecule has 0 heterocycles. The van der Waals surface area contributed by atoms with Crippen LogP contribution in [-0.4, -0.2) is 13.1 Å². The van der Waals surface area contributed by atoms with E-state index < -0.39 is 11.8 Å². The number of methoxy groups -OCH3 is 1. The van der Waals surface area contributed by atoms with Crippen LogP contribution in [0.4, 0.5) is 21.5 Å². The van der Waals surface area contributed by atoms with Crippen molar-refractivity contribution in [2.75, 3.05) is 18.2 Å². The Morgan fingerprint density at radius 2 is 1.95 bits per heavy atom. The molecule has 3 N–H and O–H groups in total. The van der Waals surface area contributed by atoms with Gasteiger partial charge in [0.25, 0.3) is 0 Å². The predicted molar refractivity (Wildman–Crippen MR) is 84.6 cm³/mol. The van der Waals surface area contributed by atoms with Crippen molar-refractivity contribution in [1.29, 1.82) is 0 Å². The van der Waals surface area contributed by atoms with Crippen molar-refractivity contribution in [2.24, 2.45) is 0 Å². The van der Waals surface area contributed by atoms with E-state index in [9.17, 15) is 9.18 Å². The molecule has 2 aromatic rings. The molecule has 2 rings (SSSR count). The molecule has 0 saturated carbocycles. The molecule has 0 aliphatic heterocycles. The SMILES string of the molecule is COC(=O)c1cc(Nc2ccc(I)cc2)c(F)cc1N. The molecule has 2 aromatic carbocycles. The monoisotopic (exact) mass is 386 g/mol. The highest BCUT2D eigenvalue weighted by Gasteiger charge is 2.14. The van der Waals surface area contributed by atoms with Gasteiger partial charge in [-0.2, -0.15) is 0 Å². The molecule has 4 nitrogen and oxygen atoms in total. The van der Waals surface area contributed by atoms with Gasteiger partial charge in [-0.25, -0.2) is 9.18 Å². The molecule has 0 aliphatic rings. The molecule has 104 valence electrons. The largest absolute Gasteiger partial charge is 0.465 e. The predicted octanol–water partition coefficient (Wildman–Crippen LogP) is 3.54. The molecule has 0 aromatic heterocycles. The molecule has 0 radical (unpaired) electrons. The van der Waals surface area contributed by atoms with Crippen molar-refractivity contribution in [3.63, 3.8) is 0 Å². The topological polar surface area (TPSA) is 64.3 Å². The Morgan fingerprint density at radius 1 is 1.30 bits per heavy atom. The quantitative estimate of drug-likeness (QED) is 0.481. The van der Waals surface area contributed by atoms with Gasteiger partial charge in [0.15, 0.2) is 0 Å². The van der Waals surface area contributed by atoms with Crippen molar-refractivity contribution < 1.29 is 13.9 Å². The zero-order valence-electron chi connectivity index (χ0n) is 10.6. The Hall–Kier alpha value is -1.83. The number of hydrogen-bond donors (Lipinski definition) is 2. The summed E-state index contributed by atoms with van der Waals surface area (Å²) in [5.41, 5.74) is 6.66. The summed E-state index contributed by atoms with van der Waals surface area (Å²) in [7, 11) is 1.25. The summed E-state index contributed by atoms with van der Waals surface area (Å²) in [6.45, 7) is 0. The number of nitrogen functional groups attached to an aromatic ring is 1. The van der Waals surface area contributed by atoms with Crippen LogP contribution >= 0.6 is 22.6 Å². The van der Waals surface area contributed by atoms with E-state index in [2.05, 4.69) is 32.6 Å². The third-order valence-corrected chi connectivity index (χ3v) is 3.39. The number of benzene rings is 2. The van der Waals surface area contributed by atoms with Gasteiger partial charge in [0.05, 0.1) is 18.4 Å². The van der Waals surface area contributed by atoms with E-state index in [4.69, 9.17) is 5.73 Å². The van der Waals surface area contributed by atoms with E-state index in [0.717, 1.165) is 9.64 Å². The molecule has 6 heteroatoms. The van der Waals surface area contributed by atoms with Crippen LogP contribution in [0.3, 0.4) is 0 Å². The fraction of sp³-hybridized carbons (Fsp3) is 0.0714. The third-order valence-electron chi connectivity index (χ3n) is 2.67. The smallest absolute Gasteiger partial charge is 0.340 e. The van der Waals surface area contributed by atoms with E-state index in [1.165, 1.54) is 13.2 Å². The number of ether oxygens (including phenoxy) is 1. The molecule has 0 fully saturated rings. The Labute approximate surface area is 129 Å². The summed E-state index contributed by atoms with van der Waals surface area (Å²) in [6, 6.07) is 9.85. The van der Waals surface area contributed by atoms with Gasteiger partial charge in [0, 0.05) is 14.9 Å². The maximum absolute atomic E-state index is 13.9. The van der Waals surface area contributed by atoms with Crippen LogP contribution in [0.5, 0.6) is 0 Å². The molecule has 0 amide bonds. The first-order valence-corrected chi connectivity index (χ1v) is 6.79. The van der Waals surface area contributed by atoms with E-state index in [1.54, 1.807) is 0 Å². The molecule has 0 spiro atoms. The molecule has 0 unspecified atom stereocenters. The second kappa shape index (κ2) is 6.08. The van der Waals surface area contributed by atoms with Crippen LogP contribution in [0, 0.1) is 9.39 Å². The minimum absolute atomic E-state index is 0.0440. The van der Waals surface area contributed by atoms with Gasteiger partial charge in [0.2, 0.25) is 0 Å². The lowest BCUT2D eigenvalue weighted by Gasteiger charge is -2.11. The Balaban J connectivity index is 2.36. The normalized spacial score (nSPS) is 10.2. The highest BCUT2D eigenvalue weighted by Crippen LogP contribution is 2.26. The first-order valence-electron chi connectivity index (χ1n) is 5.71. The Morgan fingerprint density at radius 3 is 2.55 bits per heavy atom. The fourth-order valence-corrected chi connectivity index (χ4v) is 2.02. The first-order chi connectivity index (χ1) is 9.51. The number of anilines is 3. The van der Waals surface area contributed by atoms with Crippen LogP contribution in [0.1, 0.15) is 10.4 Å². The van der Waals surface area contributed by atoms with Gasteiger partial charge >= 0.3 is 5.97 Å². The van der Waals surface area contributed by atoms with E-state index in [0.29, 0.717) is 5.69 Å². The zero-order valence-corrected chi connectivity index (χ0v) is 12.8. The number of carbonyl (C=O) groups is 1. The lowest BCUT2D eigenvalue weighted by atomic mass is 10.1. The minimum Gasteiger partial charge on any atom is -0.465 e. The van der Waals surface area contributed by atoms with Gasteiger partial charge in [0.1, 0.15) is 5.82 Å². The second-order valence-corrected chi connectivity index (χ2v) is 5.29. The average Bonchev–Trinajstić information content (AvgIpc) is 2.43. The Bertz CT molecular complexity index is 644. The Kier molecular flexibility index (Phi) is 4.43. The number of nitrogens with one attached hydrogen (secondary N) is 1. The number of halogens is 2. The van der Waals surface area contributed by atoms with E-state index in [-0.39, 0.29) is 16.9 Å². The number of rotatable bonds is 3. The van der Waals surface area contributed by atoms with Crippen molar-refractivity contribution in [1.82, 2.24) is 0 Å². The van der Waals surface area contributed by atoms with Gasteiger partial charge in [-0.05, 0) is 59.0 Å². The maximum Gasteiger partial charge on any atom is 0.340 e. The summed E-state index contributed by atoms with van der Waals surface area (Å²) < 4.78 is 19.5. The third kappa shape index (κ3) is 3.19. The average molecular weight is 386 g/mol. The van der Waals surface area contributed by atoms with Crippen molar-refractivity contribution in [3.8, 4) is 0 Å². The van der Waals surface area contributed by atoms with Crippen LogP contribution in [0.25, 0.3) is 0 Å². The lowest BCUT2D eigenvalue weighted by Crippen LogP contribution is -2.07. The van der Waals surface area contributed by atoms with Crippen LogP contribution in [0.2, 0.25) is 0 Å². The van der Waals surface area contributed by atoms with Gasteiger partial charge in [-0.15, -0.1) is 0 Å². The van der Waals surface area contributed by atoms with Crippen LogP contribution in [0.15, 0.2) is 36.4 Å². The molecule has 0 atom stereocenters. The summed E-state index contributed by atoms with van der Waals surface area (Å²) in [5, 5.41) is 2.90. The highest BCUT2D eigenvalue weighted by atomic mass is 127. The van der Waals surface area contributed by atoms with Gasteiger partial charge in [-0.1, -0.05) is 0 Å². The standard InChI is InChI=1S/C14H12FIN2O2/c1-20-14(19)10-6-13(11(15)7-12(10)17)18-9-4-2-8(16)3-5-9/h2-7,18H,17H2,1H3. The number of hydrogen-bond acceptors (Lipinski definition) is 4. The molecule has 0 bridgehead atoms. The highest BCUT2D eigenvalue weighted by molar-refractivity contribution is 14.1. The molecular weight excluding hydrogens is 374 g/mol.